The minimum atomic E-state index is 0.311. The van der Waals surface area contributed by atoms with Gasteiger partial charge in [0.05, 0.1) is 18.6 Å². The highest BCUT2D eigenvalue weighted by atomic mass is 35.5. The van der Waals surface area contributed by atoms with Crippen molar-refractivity contribution in [2.75, 3.05) is 13.0 Å². The standard InChI is InChI=1S/C18H17ClO2/c1-14-5-10-18(16(12-14)4-3-11-19)21-13-15-6-8-17(20-2)9-7-15/h5-10,12H,11,13H2,1-2H3. The monoisotopic (exact) mass is 300 g/mol. The molecule has 21 heavy (non-hydrogen) atoms. The summed E-state index contributed by atoms with van der Waals surface area (Å²) in [5.41, 5.74) is 3.09. The summed E-state index contributed by atoms with van der Waals surface area (Å²) >= 11 is 5.62. The number of methoxy groups -OCH3 is 1. The van der Waals surface area contributed by atoms with E-state index < -0.39 is 0 Å². The molecule has 2 aromatic carbocycles. The van der Waals surface area contributed by atoms with Crippen LogP contribution in [0.5, 0.6) is 11.5 Å². The van der Waals surface area contributed by atoms with Gasteiger partial charge in [-0.05, 0) is 42.3 Å². The molecule has 0 spiro atoms. The van der Waals surface area contributed by atoms with E-state index in [0.29, 0.717) is 12.5 Å². The van der Waals surface area contributed by atoms with E-state index in [-0.39, 0.29) is 0 Å². The van der Waals surface area contributed by atoms with Crippen molar-refractivity contribution in [3.63, 3.8) is 0 Å². The first kappa shape index (κ1) is 15.3. The zero-order chi connectivity index (χ0) is 15.1. The Morgan fingerprint density at radius 2 is 1.86 bits per heavy atom. The second kappa shape index (κ2) is 7.61. The van der Waals surface area contributed by atoms with Gasteiger partial charge >= 0.3 is 0 Å². The van der Waals surface area contributed by atoms with E-state index in [4.69, 9.17) is 21.1 Å². The number of hydrogen-bond donors (Lipinski definition) is 0. The fraction of sp³-hybridized carbons (Fsp3) is 0.222. The number of halogens is 1. The van der Waals surface area contributed by atoms with E-state index in [2.05, 4.69) is 11.8 Å². The Hall–Kier alpha value is -2.11. The van der Waals surface area contributed by atoms with Crippen molar-refractivity contribution in [3.05, 3.63) is 59.2 Å². The van der Waals surface area contributed by atoms with Gasteiger partial charge in [-0.3, -0.25) is 0 Å². The summed E-state index contributed by atoms with van der Waals surface area (Å²) < 4.78 is 11.0. The van der Waals surface area contributed by atoms with Gasteiger partial charge in [0.15, 0.2) is 0 Å². The van der Waals surface area contributed by atoms with Crippen molar-refractivity contribution >= 4 is 11.6 Å². The molecular weight excluding hydrogens is 284 g/mol. The molecule has 0 heterocycles. The van der Waals surface area contributed by atoms with Gasteiger partial charge in [0.1, 0.15) is 18.1 Å². The minimum absolute atomic E-state index is 0.311. The molecule has 0 aromatic heterocycles. The minimum Gasteiger partial charge on any atom is -0.497 e. The van der Waals surface area contributed by atoms with Crippen molar-refractivity contribution in [1.82, 2.24) is 0 Å². The van der Waals surface area contributed by atoms with Crippen LogP contribution >= 0.6 is 11.6 Å². The SMILES string of the molecule is COc1ccc(COc2ccc(C)cc2C#CCCl)cc1. The Bertz CT molecular complexity index is 651. The van der Waals surface area contributed by atoms with Crippen LogP contribution < -0.4 is 9.47 Å². The van der Waals surface area contributed by atoms with Gasteiger partial charge in [0.2, 0.25) is 0 Å². The van der Waals surface area contributed by atoms with Crippen molar-refractivity contribution in [3.8, 4) is 23.3 Å². The second-order valence-corrected chi connectivity index (χ2v) is 4.84. The molecule has 2 aromatic rings. The third kappa shape index (κ3) is 4.44. The molecule has 2 nitrogen and oxygen atoms in total. The van der Waals surface area contributed by atoms with Gasteiger partial charge in [-0.1, -0.05) is 30.0 Å². The molecule has 2 rings (SSSR count). The highest BCUT2D eigenvalue weighted by Gasteiger charge is 2.03. The molecule has 0 amide bonds. The van der Waals surface area contributed by atoms with E-state index in [9.17, 15) is 0 Å². The summed E-state index contributed by atoms with van der Waals surface area (Å²) in [6.07, 6.45) is 0. The largest absolute Gasteiger partial charge is 0.497 e. The normalized spacial score (nSPS) is 9.67. The molecule has 0 aliphatic carbocycles. The van der Waals surface area contributed by atoms with Gasteiger partial charge in [-0.25, -0.2) is 0 Å². The van der Waals surface area contributed by atoms with Crippen LogP contribution in [0.15, 0.2) is 42.5 Å². The molecule has 0 unspecified atom stereocenters. The maximum atomic E-state index is 5.86. The lowest BCUT2D eigenvalue weighted by atomic mass is 10.1. The average Bonchev–Trinajstić information content (AvgIpc) is 2.52. The molecule has 3 heteroatoms. The molecule has 0 aliphatic heterocycles. The molecule has 108 valence electrons. The maximum Gasteiger partial charge on any atom is 0.135 e. The Morgan fingerprint density at radius 1 is 1.10 bits per heavy atom. The quantitative estimate of drug-likeness (QED) is 0.623. The van der Waals surface area contributed by atoms with Gasteiger partial charge in [-0.15, -0.1) is 11.6 Å². The summed E-state index contributed by atoms with van der Waals surface area (Å²) in [6.45, 7) is 2.52. The molecule has 0 saturated heterocycles. The fourth-order valence-corrected chi connectivity index (χ4v) is 1.95. The molecule has 0 radical (unpaired) electrons. The molecule has 0 fully saturated rings. The van der Waals surface area contributed by atoms with Gasteiger partial charge in [0, 0.05) is 0 Å². The topological polar surface area (TPSA) is 18.5 Å². The van der Waals surface area contributed by atoms with E-state index >= 15 is 0 Å². The van der Waals surface area contributed by atoms with Crippen LogP contribution in [0.4, 0.5) is 0 Å². The number of hydrogen-bond acceptors (Lipinski definition) is 2. The van der Waals surface area contributed by atoms with Gasteiger partial charge in [0.25, 0.3) is 0 Å². The second-order valence-electron chi connectivity index (χ2n) is 4.57. The number of rotatable bonds is 4. The highest BCUT2D eigenvalue weighted by molar-refractivity contribution is 6.19. The lowest BCUT2D eigenvalue weighted by molar-refractivity contribution is 0.305. The lowest BCUT2D eigenvalue weighted by Crippen LogP contribution is -1.98. The summed E-state index contributed by atoms with van der Waals surface area (Å²) in [5.74, 6) is 7.82. The van der Waals surface area contributed by atoms with Crippen molar-refractivity contribution in [1.29, 1.82) is 0 Å². The van der Waals surface area contributed by atoms with Gasteiger partial charge < -0.3 is 9.47 Å². The van der Waals surface area contributed by atoms with Crippen molar-refractivity contribution in [2.24, 2.45) is 0 Å². The fourth-order valence-electron chi connectivity index (χ4n) is 1.88. The Kier molecular flexibility index (Phi) is 5.54. The summed E-state index contributed by atoms with van der Waals surface area (Å²) in [4.78, 5) is 0. The van der Waals surface area contributed by atoms with Crippen LogP contribution in [0.1, 0.15) is 16.7 Å². The molecular formula is C18H17ClO2. The predicted octanol–water partition coefficient (Wildman–Crippen LogP) is 4.17. The molecule has 0 N–H and O–H groups in total. The van der Waals surface area contributed by atoms with Crippen LogP contribution in [0.2, 0.25) is 0 Å². The van der Waals surface area contributed by atoms with Crippen LogP contribution in [0.3, 0.4) is 0 Å². The van der Waals surface area contributed by atoms with E-state index in [1.54, 1.807) is 7.11 Å². The first-order valence-corrected chi connectivity index (χ1v) is 7.17. The first-order chi connectivity index (χ1) is 10.2. The Morgan fingerprint density at radius 3 is 2.52 bits per heavy atom. The third-order valence-corrected chi connectivity index (χ3v) is 3.11. The number of aryl methyl sites for hydroxylation is 1. The van der Waals surface area contributed by atoms with E-state index in [1.807, 2.05) is 49.4 Å². The number of alkyl halides is 1. The summed E-state index contributed by atoms with van der Waals surface area (Å²) in [5, 5.41) is 0. The Labute approximate surface area is 130 Å². The average molecular weight is 301 g/mol. The summed E-state index contributed by atoms with van der Waals surface area (Å²) in [7, 11) is 1.65. The van der Waals surface area contributed by atoms with Gasteiger partial charge in [-0.2, -0.15) is 0 Å². The smallest absolute Gasteiger partial charge is 0.135 e. The van der Waals surface area contributed by atoms with Crippen LogP contribution in [-0.4, -0.2) is 13.0 Å². The molecule has 0 atom stereocenters. The molecule has 0 aliphatic rings. The zero-order valence-corrected chi connectivity index (χ0v) is 12.9. The number of benzene rings is 2. The molecule has 0 bridgehead atoms. The predicted molar refractivity (Wildman–Crippen MR) is 86.1 cm³/mol. The molecule has 0 saturated carbocycles. The summed E-state index contributed by atoms with van der Waals surface area (Å²) in [6, 6.07) is 13.8. The van der Waals surface area contributed by atoms with Crippen molar-refractivity contribution in [2.45, 2.75) is 13.5 Å². The van der Waals surface area contributed by atoms with E-state index in [0.717, 1.165) is 28.2 Å². The Balaban J connectivity index is 2.11. The van der Waals surface area contributed by atoms with Crippen molar-refractivity contribution < 1.29 is 9.47 Å². The van der Waals surface area contributed by atoms with Crippen LogP contribution in [0, 0.1) is 18.8 Å². The van der Waals surface area contributed by atoms with Crippen LogP contribution in [-0.2, 0) is 6.61 Å². The zero-order valence-electron chi connectivity index (χ0n) is 12.2. The van der Waals surface area contributed by atoms with Crippen LogP contribution in [0.25, 0.3) is 0 Å². The van der Waals surface area contributed by atoms with E-state index in [1.165, 1.54) is 0 Å². The number of ether oxygens (including phenoxy) is 2. The highest BCUT2D eigenvalue weighted by Crippen LogP contribution is 2.21. The maximum absolute atomic E-state index is 5.86. The lowest BCUT2D eigenvalue weighted by Gasteiger charge is -2.09. The first-order valence-electron chi connectivity index (χ1n) is 6.64. The third-order valence-electron chi connectivity index (χ3n) is 2.98.